The van der Waals surface area contributed by atoms with Crippen molar-refractivity contribution in [1.29, 1.82) is 5.41 Å². The number of hydrogen-bond donors (Lipinski definition) is 2. The molecule has 0 aromatic carbocycles. The molecule has 0 saturated heterocycles. The molecule has 4 aliphatic carbocycles. The first-order chi connectivity index (χ1) is 11.2. The fourth-order valence-electron chi connectivity index (χ4n) is 7.57. The van der Waals surface area contributed by atoms with Crippen LogP contribution in [0.4, 0.5) is 0 Å². The summed E-state index contributed by atoms with van der Waals surface area (Å²) in [7, 11) is 0. The van der Waals surface area contributed by atoms with Crippen LogP contribution in [0.5, 0.6) is 0 Å². The third-order valence-corrected chi connectivity index (χ3v) is 9.35. The molecule has 3 heteroatoms. The van der Waals surface area contributed by atoms with Crippen molar-refractivity contribution in [3.05, 3.63) is 0 Å². The molecule has 2 N–H and O–H groups in total. The molecule has 0 aromatic rings. The summed E-state index contributed by atoms with van der Waals surface area (Å²) in [5.41, 5.74) is -0.224. The first kappa shape index (κ1) is 16.8. The molecule has 134 valence electrons. The summed E-state index contributed by atoms with van der Waals surface area (Å²) in [6.45, 7) is 6.82. The summed E-state index contributed by atoms with van der Waals surface area (Å²) in [5.74, 6) is 2.70. The van der Waals surface area contributed by atoms with Crippen molar-refractivity contribution in [3.63, 3.8) is 0 Å². The predicted octanol–water partition coefficient (Wildman–Crippen LogP) is 4.22. The van der Waals surface area contributed by atoms with Crippen molar-refractivity contribution in [2.24, 2.45) is 40.4 Å². The van der Waals surface area contributed by atoms with Crippen LogP contribution in [0, 0.1) is 45.8 Å². The van der Waals surface area contributed by atoms with E-state index >= 15 is 0 Å². The van der Waals surface area contributed by atoms with E-state index in [4.69, 9.17) is 5.41 Å². The van der Waals surface area contributed by atoms with Crippen LogP contribution in [-0.4, -0.2) is 22.7 Å². The Morgan fingerprint density at radius 2 is 1.79 bits per heavy atom. The van der Waals surface area contributed by atoms with E-state index in [9.17, 15) is 9.90 Å². The van der Waals surface area contributed by atoms with E-state index in [0.29, 0.717) is 35.9 Å². The molecule has 0 bridgehead atoms. The average molecular weight is 332 g/mol. The number of nitrogens with one attached hydrogen (secondary N) is 1. The second-order valence-corrected chi connectivity index (χ2v) is 10.1. The number of fused-ring (bicyclic) bond motifs is 5. The zero-order valence-electron chi connectivity index (χ0n) is 15.5. The van der Waals surface area contributed by atoms with Gasteiger partial charge in [0.15, 0.2) is 0 Å². The zero-order chi connectivity index (χ0) is 17.3. The third kappa shape index (κ3) is 2.00. The number of carbonyl (C=O) groups excluding carboxylic acids is 1. The van der Waals surface area contributed by atoms with E-state index in [1.54, 1.807) is 0 Å². The Hall–Kier alpha value is -0.700. The van der Waals surface area contributed by atoms with Crippen LogP contribution < -0.4 is 0 Å². The summed E-state index contributed by atoms with van der Waals surface area (Å²) in [6, 6.07) is 0. The van der Waals surface area contributed by atoms with E-state index in [0.717, 1.165) is 19.3 Å². The maximum Gasteiger partial charge on any atom is 0.141 e. The van der Waals surface area contributed by atoms with Gasteiger partial charge in [-0.1, -0.05) is 13.8 Å². The van der Waals surface area contributed by atoms with Gasteiger partial charge in [0.2, 0.25) is 0 Å². The highest BCUT2D eigenvalue weighted by atomic mass is 16.3. The van der Waals surface area contributed by atoms with Crippen LogP contribution >= 0.6 is 0 Å². The number of hydrogen-bond acceptors (Lipinski definition) is 3. The minimum absolute atomic E-state index is 0.0722. The van der Waals surface area contributed by atoms with E-state index in [1.165, 1.54) is 31.9 Å². The van der Waals surface area contributed by atoms with Crippen LogP contribution in [0.15, 0.2) is 0 Å². The van der Waals surface area contributed by atoms with Gasteiger partial charge in [-0.25, -0.2) is 0 Å². The quantitative estimate of drug-likeness (QED) is 0.707. The molecule has 4 rings (SSSR count). The summed E-state index contributed by atoms with van der Waals surface area (Å²) in [4.78, 5) is 12.3. The first-order valence-electron chi connectivity index (χ1n) is 9.98. The van der Waals surface area contributed by atoms with Gasteiger partial charge < -0.3 is 10.5 Å². The lowest BCUT2D eigenvalue weighted by Crippen LogP contribution is -2.57. The fraction of sp³-hybridized carbons (Fsp3) is 0.905. The molecular formula is C21H33NO2. The van der Waals surface area contributed by atoms with Gasteiger partial charge in [0, 0.05) is 12.6 Å². The highest BCUT2D eigenvalue weighted by Crippen LogP contribution is 2.68. The molecule has 3 nitrogen and oxygen atoms in total. The average Bonchev–Trinajstić information content (AvgIpc) is 2.77. The topological polar surface area (TPSA) is 61.1 Å². The van der Waals surface area contributed by atoms with Gasteiger partial charge in [0.1, 0.15) is 5.78 Å². The van der Waals surface area contributed by atoms with E-state index in [2.05, 4.69) is 20.8 Å². The Morgan fingerprint density at radius 3 is 2.50 bits per heavy atom. The molecule has 0 aromatic heterocycles. The van der Waals surface area contributed by atoms with Gasteiger partial charge in [0.25, 0.3) is 0 Å². The summed E-state index contributed by atoms with van der Waals surface area (Å²) in [6.07, 6.45) is 9.82. The van der Waals surface area contributed by atoms with Gasteiger partial charge in [0.05, 0.1) is 11.5 Å². The molecule has 0 heterocycles. The molecule has 24 heavy (non-hydrogen) atoms. The fourth-order valence-corrected chi connectivity index (χ4v) is 7.57. The van der Waals surface area contributed by atoms with Crippen molar-refractivity contribution in [3.8, 4) is 0 Å². The maximum absolute atomic E-state index is 12.3. The number of carbonyl (C=O) groups is 1. The molecule has 0 spiro atoms. The minimum atomic E-state index is -0.513. The molecule has 0 radical (unpaired) electrons. The monoisotopic (exact) mass is 331 g/mol. The molecule has 3 unspecified atom stereocenters. The predicted molar refractivity (Wildman–Crippen MR) is 95.0 cm³/mol. The highest BCUT2D eigenvalue weighted by molar-refractivity contribution is 5.95. The lowest BCUT2D eigenvalue weighted by atomic mass is 9.44. The van der Waals surface area contributed by atoms with Crippen LogP contribution in [0.3, 0.4) is 0 Å². The molecule has 0 aliphatic heterocycles. The number of aliphatic hydroxyl groups is 1. The van der Waals surface area contributed by atoms with Gasteiger partial charge in [-0.05, 0) is 86.4 Å². The van der Waals surface area contributed by atoms with Crippen molar-refractivity contribution < 1.29 is 9.90 Å². The Labute approximate surface area is 146 Å². The maximum atomic E-state index is 12.3. The minimum Gasteiger partial charge on any atom is -0.390 e. The zero-order valence-corrected chi connectivity index (χ0v) is 15.5. The summed E-state index contributed by atoms with van der Waals surface area (Å²) in [5, 5.41) is 18.7. The van der Waals surface area contributed by atoms with Crippen LogP contribution in [0.2, 0.25) is 0 Å². The number of Topliss-reactive ketones (excluding diaryl/α,β-unsaturated/α-hetero) is 1. The molecule has 8 atom stereocenters. The van der Waals surface area contributed by atoms with Gasteiger partial charge >= 0.3 is 0 Å². The Morgan fingerprint density at radius 1 is 1.08 bits per heavy atom. The second-order valence-electron chi connectivity index (χ2n) is 10.1. The lowest BCUT2D eigenvalue weighted by molar-refractivity contribution is -0.155. The Bertz CT molecular complexity index is 570. The first-order valence-corrected chi connectivity index (χ1v) is 9.98. The van der Waals surface area contributed by atoms with Gasteiger partial charge in [-0.15, -0.1) is 0 Å². The third-order valence-electron chi connectivity index (χ3n) is 9.35. The van der Waals surface area contributed by atoms with Crippen LogP contribution in [0.1, 0.15) is 72.1 Å². The van der Waals surface area contributed by atoms with Crippen molar-refractivity contribution in [2.45, 2.75) is 77.7 Å². The van der Waals surface area contributed by atoms with Gasteiger partial charge in [-0.3, -0.25) is 4.79 Å². The van der Waals surface area contributed by atoms with Crippen molar-refractivity contribution >= 4 is 12.0 Å². The Kier molecular flexibility index (Phi) is 3.60. The Balaban J connectivity index is 1.66. The largest absolute Gasteiger partial charge is 0.390 e. The van der Waals surface area contributed by atoms with Crippen LogP contribution in [-0.2, 0) is 4.79 Å². The van der Waals surface area contributed by atoms with E-state index < -0.39 is 5.60 Å². The van der Waals surface area contributed by atoms with Gasteiger partial charge in [-0.2, -0.15) is 0 Å². The molecule has 4 saturated carbocycles. The van der Waals surface area contributed by atoms with Crippen LogP contribution in [0.25, 0.3) is 0 Å². The normalized spacial score (nSPS) is 57.0. The van der Waals surface area contributed by atoms with E-state index in [-0.39, 0.29) is 16.7 Å². The standard InChI is InChI=1S/C21H33NO2/c1-19-11-13(12-22)18(23)10-14(19)4-5-15-16(19)6-8-20(2)17(15)7-9-21(20,3)24/h12-17,22,24H,4-11H2,1-3H3/t13?,14?,15-,16-,17+,19+,20+,21?/m1/s1. The van der Waals surface area contributed by atoms with Crippen molar-refractivity contribution in [1.82, 2.24) is 0 Å². The molecular weight excluding hydrogens is 298 g/mol. The number of rotatable bonds is 1. The summed E-state index contributed by atoms with van der Waals surface area (Å²) < 4.78 is 0. The molecule has 0 amide bonds. The smallest absolute Gasteiger partial charge is 0.141 e. The van der Waals surface area contributed by atoms with E-state index in [1.807, 2.05) is 0 Å². The lowest BCUT2D eigenvalue weighted by Gasteiger charge is -2.61. The highest BCUT2D eigenvalue weighted by Gasteiger charge is 2.63. The second kappa shape index (κ2) is 5.16. The van der Waals surface area contributed by atoms with Crippen molar-refractivity contribution in [2.75, 3.05) is 0 Å². The number of ketones is 1. The SMILES string of the molecule is CC1(O)CC[C@H]2[C@@H]3CCC4CC(=O)C(C=N)C[C@]4(C)[C@@H]3CC[C@@]21C. The summed E-state index contributed by atoms with van der Waals surface area (Å²) >= 11 is 0. The molecule has 4 fully saturated rings. The molecule has 4 aliphatic rings.